The SMILES string of the molecule is CC[C@H](NS(=O)(=O)c1ccc(OC)c(C)c1)c1ccc2c(c1)CCCC2. The van der Waals surface area contributed by atoms with Crippen molar-refractivity contribution in [1.82, 2.24) is 4.72 Å². The Kier molecular flexibility index (Phi) is 5.68. The van der Waals surface area contributed by atoms with Crippen LogP contribution in [-0.4, -0.2) is 15.5 Å². The van der Waals surface area contributed by atoms with Crippen molar-refractivity contribution in [1.29, 1.82) is 0 Å². The second kappa shape index (κ2) is 7.80. The number of fused-ring (bicyclic) bond motifs is 1. The highest BCUT2D eigenvalue weighted by molar-refractivity contribution is 7.89. The van der Waals surface area contributed by atoms with Crippen molar-refractivity contribution in [3.05, 3.63) is 58.7 Å². The molecule has 0 bridgehead atoms. The van der Waals surface area contributed by atoms with E-state index in [4.69, 9.17) is 4.74 Å². The van der Waals surface area contributed by atoms with Crippen molar-refractivity contribution >= 4 is 10.0 Å². The van der Waals surface area contributed by atoms with Gasteiger partial charge in [-0.2, -0.15) is 0 Å². The summed E-state index contributed by atoms with van der Waals surface area (Å²) in [7, 11) is -2.01. The largest absolute Gasteiger partial charge is 0.496 e. The molecule has 26 heavy (non-hydrogen) atoms. The van der Waals surface area contributed by atoms with E-state index in [-0.39, 0.29) is 10.9 Å². The number of hydrogen-bond donors (Lipinski definition) is 1. The molecule has 140 valence electrons. The van der Waals surface area contributed by atoms with Gasteiger partial charge in [-0.3, -0.25) is 0 Å². The summed E-state index contributed by atoms with van der Waals surface area (Å²) in [5, 5.41) is 0. The maximum atomic E-state index is 12.9. The van der Waals surface area contributed by atoms with Crippen LogP contribution in [0, 0.1) is 6.92 Å². The highest BCUT2D eigenvalue weighted by Crippen LogP contribution is 2.28. The topological polar surface area (TPSA) is 55.4 Å². The molecular weight excluding hydrogens is 346 g/mol. The van der Waals surface area contributed by atoms with Crippen molar-refractivity contribution in [2.75, 3.05) is 7.11 Å². The first-order valence-electron chi connectivity index (χ1n) is 9.23. The molecule has 0 saturated carbocycles. The van der Waals surface area contributed by atoms with E-state index in [1.165, 1.54) is 24.0 Å². The summed E-state index contributed by atoms with van der Waals surface area (Å²) < 4.78 is 33.8. The average molecular weight is 374 g/mol. The van der Waals surface area contributed by atoms with Crippen LogP contribution in [0.25, 0.3) is 0 Å². The third-order valence-electron chi connectivity index (χ3n) is 5.16. The van der Waals surface area contributed by atoms with Gasteiger partial charge in [0.25, 0.3) is 0 Å². The number of benzene rings is 2. The summed E-state index contributed by atoms with van der Waals surface area (Å²) in [5.41, 5.74) is 4.62. The average Bonchev–Trinajstić information content (AvgIpc) is 2.65. The summed E-state index contributed by atoms with van der Waals surface area (Å²) >= 11 is 0. The molecule has 0 radical (unpaired) electrons. The highest BCUT2D eigenvalue weighted by Gasteiger charge is 2.22. The van der Waals surface area contributed by atoms with Crippen LogP contribution in [0.15, 0.2) is 41.3 Å². The molecule has 0 heterocycles. The molecule has 3 rings (SSSR count). The molecule has 0 aromatic heterocycles. The van der Waals surface area contributed by atoms with E-state index in [0.29, 0.717) is 12.2 Å². The molecule has 1 atom stereocenters. The van der Waals surface area contributed by atoms with Crippen molar-refractivity contribution < 1.29 is 13.2 Å². The lowest BCUT2D eigenvalue weighted by atomic mass is 9.89. The first-order valence-corrected chi connectivity index (χ1v) is 10.7. The number of ether oxygens (including phenoxy) is 1. The highest BCUT2D eigenvalue weighted by atomic mass is 32.2. The predicted octanol–water partition coefficient (Wildman–Crippen LogP) is 4.31. The molecule has 1 aliphatic carbocycles. The monoisotopic (exact) mass is 373 g/mol. The Morgan fingerprint density at radius 3 is 2.46 bits per heavy atom. The third kappa shape index (κ3) is 3.94. The number of nitrogens with one attached hydrogen (secondary N) is 1. The van der Waals surface area contributed by atoms with Crippen molar-refractivity contribution in [2.45, 2.75) is 56.9 Å². The van der Waals surface area contributed by atoms with Gasteiger partial charge in [0.15, 0.2) is 0 Å². The molecule has 5 heteroatoms. The van der Waals surface area contributed by atoms with Crippen LogP contribution in [0.4, 0.5) is 0 Å². The van der Waals surface area contributed by atoms with Crippen LogP contribution in [0.5, 0.6) is 5.75 Å². The van der Waals surface area contributed by atoms with E-state index in [0.717, 1.165) is 24.0 Å². The summed E-state index contributed by atoms with van der Waals surface area (Å²) in [6.45, 7) is 3.85. The molecule has 0 aliphatic heterocycles. The van der Waals surface area contributed by atoms with Gasteiger partial charge in [-0.05, 0) is 79.5 Å². The Bertz CT molecular complexity index is 890. The molecule has 2 aromatic rings. The molecule has 0 fully saturated rings. The van der Waals surface area contributed by atoms with E-state index < -0.39 is 10.0 Å². The summed E-state index contributed by atoms with van der Waals surface area (Å²) in [6.07, 6.45) is 5.37. The maximum Gasteiger partial charge on any atom is 0.241 e. The molecule has 0 amide bonds. The van der Waals surface area contributed by atoms with Crippen LogP contribution in [0.3, 0.4) is 0 Å². The van der Waals surface area contributed by atoms with Crippen molar-refractivity contribution in [3.63, 3.8) is 0 Å². The zero-order valence-electron chi connectivity index (χ0n) is 15.7. The van der Waals surface area contributed by atoms with Crippen molar-refractivity contribution in [2.24, 2.45) is 0 Å². The lowest BCUT2D eigenvalue weighted by molar-refractivity contribution is 0.411. The van der Waals surface area contributed by atoms with E-state index in [1.54, 1.807) is 25.3 Å². The van der Waals surface area contributed by atoms with Crippen LogP contribution in [0.1, 0.15) is 54.5 Å². The molecular formula is C21H27NO3S. The minimum atomic E-state index is -3.59. The van der Waals surface area contributed by atoms with Gasteiger partial charge in [0, 0.05) is 6.04 Å². The molecule has 2 aromatic carbocycles. The minimum absolute atomic E-state index is 0.227. The van der Waals surface area contributed by atoms with E-state index in [2.05, 4.69) is 22.9 Å². The first-order chi connectivity index (χ1) is 12.4. The number of sulfonamides is 1. The Morgan fingerprint density at radius 1 is 1.08 bits per heavy atom. The van der Waals surface area contributed by atoms with E-state index >= 15 is 0 Å². The Hall–Kier alpha value is -1.85. The predicted molar refractivity (Wildman–Crippen MR) is 104 cm³/mol. The number of hydrogen-bond acceptors (Lipinski definition) is 3. The van der Waals surface area contributed by atoms with Crippen LogP contribution in [-0.2, 0) is 22.9 Å². The Balaban J connectivity index is 1.86. The second-order valence-electron chi connectivity index (χ2n) is 6.95. The number of rotatable bonds is 6. The van der Waals surface area contributed by atoms with Crippen LogP contribution in [0.2, 0.25) is 0 Å². The smallest absolute Gasteiger partial charge is 0.241 e. The van der Waals surface area contributed by atoms with Crippen molar-refractivity contribution in [3.8, 4) is 5.75 Å². The normalized spacial score (nSPS) is 15.3. The first kappa shape index (κ1) is 18.9. The van der Waals surface area contributed by atoms with Gasteiger partial charge >= 0.3 is 0 Å². The van der Waals surface area contributed by atoms with Crippen LogP contribution >= 0.6 is 0 Å². The lowest BCUT2D eigenvalue weighted by Crippen LogP contribution is -2.28. The van der Waals surface area contributed by atoms with Gasteiger partial charge in [0.1, 0.15) is 5.75 Å². The summed E-state index contributed by atoms with van der Waals surface area (Å²) in [4.78, 5) is 0.271. The zero-order chi connectivity index (χ0) is 18.7. The lowest BCUT2D eigenvalue weighted by Gasteiger charge is -2.22. The van der Waals surface area contributed by atoms with Crippen LogP contribution < -0.4 is 9.46 Å². The summed E-state index contributed by atoms with van der Waals surface area (Å²) in [5.74, 6) is 0.686. The summed E-state index contributed by atoms with van der Waals surface area (Å²) in [6, 6.07) is 11.1. The number of aryl methyl sites for hydroxylation is 3. The Labute approximate surface area is 156 Å². The minimum Gasteiger partial charge on any atom is -0.496 e. The molecule has 4 nitrogen and oxygen atoms in total. The zero-order valence-corrected chi connectivity index (χ0v) is 16.5. The number of methoxy groups -OCH3 is 1. The van der Waals surface area contributed by atoms with E-state index in [9.17, 15) is 8.42 Å². The maximum absolute atomic E-state index is 12.9. The van der Waals surface area contributed by atoms with Gasteiger partial charge in [-0.25, -0.2) is 13.1 Å². The Morgan fingerprint density at radius 2 is 1.81 bits per heavy atom. The van der Waals surface area contributed by atoms with Gasteiger partial charge in [-0.1, -0.05) is 25.1 Å². The molecule has 0 spiro atoms. The van der Waals surface area contributed by atoms with Gasteiger partial charge in [0.2, 0.25) is 10.0 Å². The quantitative estimate of drug-likeness (QED) is 0.821. The molecule has 1 N–H and O–H groups in total. The molecule has 1 aliphatic rings. The fraction of sp³-hybridized carbons (Fsp3) is 0.429. The van der Waals surface area contributed by atoms with Gasteiger partial charge < -0.3 is 4.74 Å². The fourth-order valence-corrected chi connectivity index (χ4v) is 5.02. The molecule has 0 unspecified atom stereocenters. The second-order valence-corrected chi connectivity index (χ2v) is 8.66. The van der Waals surface area contributed by atoms with E-state index in [1.807, 2.05) is 13.8 Å². The fourth-order valence-electron chi connectivity index (χ4n) is 3.63. The standard InChI is InChI=1S/C21H27NO3S/c1-4-20(18-10-9-16-7-5-6-8-17(16)14-18)22-26(23,24)19-11-12-21(25-3)15(2)13-19/h9-14,20,22H,4-8H2,1-3H3/t20-/m0/s1. The van der Waals surface area contributed by atoms with Gasteiger partial charge in [-0.15, -0.1) is 0 Å². The molecule has 0 saturated heterocycles. The third-order valence-corrected chi connectivity index (χ3v) is 6.63. The van der Waals surface area contributed by atoms with Gasteiger partial charge in [0.05, 0.1) is 12.0 Å².